The van der Waals surface area contributed by atoms with E-state index < -0.39 is 12.4 Å². The first-order valence-corrected chi connectivity index (χ1v) is 4.16. The summed E-state index contributed by atoms with van der Waals surface area (Å²) >= 11 is 0. The molecule has 13 heavy (non-hydrogen) atoms. The van der Waals surface area contributed by atoms with Crippen LogP contribution in [0.25, 0.3) is 0 Å². The lowest BCUT2D eigenvalue weighted by Gasteiger charge is -2.22. The van der Waals surface area contributed by atoms with Gasteiger partial charge in [-0.2, -0.15) is 0 Å². The molecule has 78 valence electrons. The topological polar surface area (TPSA) is 58.9 Å². The zero-order chi connectivity index (χ0) is 10.3. The van der Waals surface area contributed by atoms with Crippen molar-refractivity contribution in [3.05, 3.63) is 12.7 Å². The van der Waals surface area contributed by atoms with Crippen molar-refractivity contribution in [1.29, 1.82) is 0 Å². The van der Waals surface area contributed by atoms with Crippen LogP contribution < -0.4 is 0 Å². The molecule has 0 amide bonds. The molecule has 0 aliphatic rings. The fraction of sp³-hybridized carbons (Fsp3) is 0.778. The third kappa shape index (κ3) is 4.38. The summed E-state index contributed by atoms with van der Waals surface area (Å²) in [5, 5.41) is 18.3. The first kappa shape index (κ1) is 12.6. The van der Waals surface area contributed by atoms with Gasteiger partial charge in [-0.3, -0.25) is 0 Å². The molecule has 0 aromatic carbocycles. The molecule has 0 heterocycles. The van der Waals surface area contributed by atoms with Crippen LogP contribution >= 0.6 is 0 Å². The van der Waals surface area contributed by atoms with Crippen molar-refractivity contribution >= 4 is 0 Å². The van der Waals surface area contributed by atoms with Crippen LogP contribution in [0.3, 0.4) is 0 Å². The summed E-state index contributed by atoms with van der Waals surface area (Å²) in [7, 11) is 3.03. The van der Waals surface area contributed by atoms with Crippen LogP contribution in [-0.4, -0.2) is 43.4 Å². The summed E-state index contributed by atoms with van der Waals surface area (Å²) in [6.45, 7) is 3.33. The van der Waals surface area contributed by atoms with E-state index in [2.05, 4.69) is 6.58 Å². The molecule has 4 nitrogen and oxygen atoms in total. The minimum atomic E-state index is -0.724. The third-order valence-corrected chi connectivity index (χ3v) is 1.98. The fourth-order valence-corrected chi connectivity index (χ4v) is 1.05. The monoisotopic (exact) mass is 190 g/mol. The molecule has 0 aliphatic carbocycles. The maximum atomic E-state index is 9.37. The Kier molecular flexibility index (Phi) is 6.80. The zero-order valence-corrected chi connectivity index (χ0v) is 8.14. The number of hydrogen-bond acceptors (Lipinski definition) is 4. The van der Waals surface area contributed by atoms with E-state index in [4.69, 9.17) is 14.6 Å². The lowest BCUT2D eigenvalue weighted by Crippen LogP contribution is -2.28. The van der Waals surface area contributed by atoms with Crippen molar-refractivity contribution in [3.63, 3.8) is 0 Å². The Labute approximate surface area is 78.8 Å². The van der Waals surface area contributed by atoms with Gasteiger partial charge in [0, 0.05) is 33.2 Å². The maximum Gasteiger partial charge on any atom is 0.157 e. The second kappa shape index (κ2) is 7.03. The van der Waals surface area contributed by atoms with Gasteiger partial charge in [-0.25, -0.2) is 0 Å². The number of hydrogen-bond donors (Lipinski definition) is 2. The van der Waals surface area contributed by atoms with Gasteiger partial charge in [-0.15, -0.1) is 6.58 Å². The van der Waals surface area contributed by atoms with E-state index >= 15 is 0 Å². The summed E-state index contributed by atoms with van der Waals surface area (Å²) in [6.07, 6.45) is 0.712. The van der Waals surface area contributed by atoms with Crippen molar-refractivity contribution in [2.75, 3.05) is 20.8 Å². The molecule has 0 aliphatic heterocycles. The zero-order valence-electron chi connectivity index (χ0n) is 8.14. The summed E-state index contributed by atoms with van der Waals surface area (Å²) < 4.78 is 9.90. The number of methoxy groups -OCH3 is 2. The van der Waals surface area contributed by atoms with E-state index in [1.54, 1.807) is 0 Å². The quantitative estimate of drug-likeness (QED) is 0.443. The molecule has 0 bridgehead atoms. The smallest absolute Gasteiger partial charge is 0.157 e. The van der Waals surface area contributed by atoms with Crippen LogP contribution in [0.1, 0.15) is 6.42 Å². The van der Waals surface area contributed by atoms with Gasteiger partial charge in [0.25, 0.3) is 0 Å². The average molecular weight is 190 g/mol. The van der Waals surface area contributed by atoms with E-state index in [1.165, 1.54) is 20.3 Å². The van der Waals surface area contributed by atoms with Gasteiger partial charge in [0.05, 0.1) is 6.10 Å². The van der Waals surface area contributed by atoms with E-state index in [0.29, 0.717) is 6.42 Å². The molecule has 0 fully saturated rings. The minimum absolute atomic E-state index is 0.115. The molecule has 2 N–H and O–H groups in total. The molecule has 1 unspecified atom stereocenters. The number of rotatable bonds is 7. The highest BCUT2D eigenvalue weighted by molar-refractivity contribution is 4.84. The fourth-order valence-electron chi connectivity index (χ4n) is 1.05. The molecule has 0 aromatic rings. The highest BCUT2D eigenvalue weighted by Gasteiger charge is 2.20. The van der Waals surface area contributed by atoms with Gasteiger partial charge < -0.3 is 19.7 Å². The van der Waals surface area contributed by atoms with Crippen LogP contribution in [0.4, 0.5) is 0 Å². The molecule has 0 saturated heterocycles. The van der Waals surface area contributed by atoms with E-state index in [-0.39, 0.29) is 12.5 Å². The van der Waals surface area contributed by atoms with E-state index in [1.807, 2.05) is 0 Å². The Hall–Kier alpha value is -0.420. The van der Waals surface area contributed by atoms with Crippen LogP contribution in [-0.2, 0) is 9.47 Å². The highest BCUT2D eigenvalue weighted by atomic mass is 16.7. The van der Waals surface area contributed by atoms with Gasteiger partial charge in [0.15, 0.2) is 6.29 Å². The number of aliphatic hydroxyl groups excluding tert-OH is 2. The third-order valence-electron chi connectivity index (χ3n) is 1.98. The highest BCUT2D eigenvalue weighted by Crippen LogP contribution is 2.14. The lowest BCUT2D eigenvalue weighted by atomic mass is 9.99. The molecular weight excluding hydrogens is 172 g/mol. The number of ether oxygens (including phenoxy) is 2. The van der Waals surface area contributed by atoms with Crippen molar-refractivity contribution in [2.24, 2.45) is 5.92 Å². The number of aliphatic hydroxyl groups is 2. The van der Waals surface area contributed by atoms with Gasteiger partial charge in [-0.1, -0.05) is 6.08 Å². The molecule has 0 rings (SSSR count). The van der Waals surface area contributed by atoms with Crippen LogP contribution in [0.15, 0.2) is 12.7 Å². The van der Waals surface area contributed by atoms with E-state index in [0.717, 1.165) is 0 Å². The SMILES string of the molecule is C=CC(O)[C@H](CO)CC(OC)OC. The summed E-state index contributed by atoms with van der Waals surface area (Å²) in [5.74, 6) is -0.289. The Balaban J connectivity index is 4.01. The first-order chi connectivity index (χ1) is 6.19. The predicted octanol–water partition coefficient (Wildman–Crippen LogP) is 0.151. The largest absolute Gasteiger partial charge is 0.396 e. The predicted molar refractivity (Wildman–Crippen MR) is 49.2 cm³/mol. The molecule has 0 saturated carbocycles. The van der Waals surface area contributed by atoms with Crippen molar-refractivity contribution in [2.45, 2.75) is 18.8 Å². The summed E-state index contributed by atoms with van der Waals surface area (Å²) in [4.78, 5) is 0. The maximum absolute atomic E-state index is 9.37. The molecule has 4 heteroatoms. The van der Waals surface area contributed by atoms with E-state index in [9.17, 15) is 5.11 Å². The Morgan fingerprint density at radius 3 is 2.23 bits per heavy atom. The summed E-state index contributed by atoms with van der Waals surface area (Å²) in [5.41, 5.74) is 0. The normalized spacial score (nSPS) is 15.8. The van der Waals surface area contributed by atoms with Crippen LogP contribution in [0.5, 0.6) is 0 Å². The second-order valence-corrected chi connectivity index (χ2v) is 2.81. The van der Waals surface area contributed by atoms with Crippen LogP contribution in [0.2, 0.25) is 0 Å². The van der Waals surface area contributed by atoms with Gasteiger partial charge in [-0.05, 0) is 0 Å². The van der Waals surface area contributed by atoms with Gasteiger partial charge in [0.2, 0.25) is 0 Å². The standard InChI is InChI=1S/C9H18O4/c1-4-8(11)7(6-10)5-9(12-2)13-3/h4,7-11H,1,5-6H2,2-3H3/t7-,8?/m0/s1. The molecule has 2 atom stereocenters. The van der Waals surface area contributed by atoms with Gasteiger partial charge >= 0.3 is 0 Å². The van der Waals surface area contributed by atoms with Crippen molar-refractivity contribution in [1.82, 2.24) is 0 Å². The van der Waals surface area contributed by atoms with Crippen LogP contribution in [0, 0.1) is 5.92 Å². The molecular formula is C9H18O4. The Morgan fingerprint density at radius 2 is 1.92 bits per heavy atom. The molecule has 0 spiro atoms. The van der Waals surface area contributed by atoms with Crippen molar-refractivity contribution in [3.8, 4) is 0 Å². The summed E-state index contributed by atoms with van der Waals surface area (Å²) in [6, 6.07) is 0. The molecule has 0 aromatic heterocycles. The first-order valence-electron chi connectivity index (χ1n) is 4.16. The van der Waals surface area contributed by atoms with Crippen molar-refractivity contribution < 1.29 is 19.7 Å². The lowest BCUT2D eigenvalue weighted by molar-refractivity contribution is -0.123. The average Bonchev–Trinajstić information content (AvgIpc) is 2.19. The Bertz CT molecular complexity index is 134. The molecule has 0 radical (unpaired) electrons. The Morgan fingerprint density at radius 1 is 1.38 bits per heavy atom. The van der Waals surface area contributed by atoms with Gasteiger partial charge in [0.1, 0.15) is 0 Å². The second-order valence-electron chi connectivity index (χ2n) is 2.81. The minimum Gasteiger partial charge on any atom is -0.396 e.